The fraction of sp³-hybridized carbons (Fsp3) is 0.538. The van der Waals surface area contributed by atoms with E-state index in [1.54, 1.807) is 0 Å². The number of hydrogen-bond acceptors (Lipinski definition) is 3. The highest BCUT2D eigenvalue weighted by molar-refractivity contribution is 7.09. The van der Waals surface area contributed by atoms with Crippen molar-refractivity contribution in [2.75, 3.05) is 26.7 Å². The summed E-state index contributed by atoms with van der Waals surface area (Å²) in [5.74, 6) is 0. The Morgan fingerprint density at radius 3 is 3.06 bits per heavy atom. The number of hydrogen-bond donors (Lipinski definition) is 1. The lowest BCUT2D eigenvalue weighted by molar-refractivity contribution is 0.258. The highest BCUT2D eigenvalue weighted by Crippen LogP contribution is 2.13. The van der Waals surface area contributed by atoms with E-state index in [0.717, 1.165) is 26.1 Å². The van der Waals surface area contributed by atoms with Crippen molar-refractivity contribution in [1.82, 2.24) is 10.2 Å². The minimum Gasteiger partial charge on any atom is -0.312 e. The second kappa shape index (κ2) is 7.60. The van der Waals surface area contributed by atoms with Crippen LogP contribution in [0.1, 0.15) is 11.8 Å². The SMILES string of the molecule is C=CCNCCN(C)C(C)Cc1cccs1. The first-order valence-electron chi connectivity index (χ1n) is 5.78. The topological polar surface area (TPSA) is 15.3 Å². The predicted octanol–water partition coefficient (Wildman–Crippen LogP) is 2.39. The van der Waals surface area contributed by atoms with Gasteiger partial charge in [-0.25, -0.2) is 0 Å². The maximum absolute atomic E-state index is 3.69. The van der Waals surface area contributed by atoms with Crippen LogP contribution in [-0.4, -0.2) is 37.6 Å². The number of rotatable bonds is 8. The van der Waals surface area contributed by atoms with Crippen molar-refractivity contribution in [3.63, 3.8) is 0 Å². The predicted molar refractivity (Wildman–Crippen MR) is 73.2 cm³/mol. The lowest BCUT2D eigenvalue weighted by atomic mass is 10.2. The summed E-state index contributed by atoms with van der Waals surface area (Å²) in [7, 11) is 2.19. The molecule has 3 heteroatoms. The van der Waals surface area contributed by atoms with Crippen LogP contribution in [0.25, 0.3) is 0 Å². The van der Waals surface area contributed by atoms with Gasteiger partial charge in [0, 0.05) is 30.6 Å². The molecule has 0 spiro atoms. The van der Waals surface area contributed by atoms with Gasteiger partial charge in [0.2, 0.25) is 0 Å². The third kappa shape index (κ3) is 4.92. The van der Waals surface area contributed by atoms with Gasteiger partial charge in [0.1, 0.15) is 0 Å². The zero-order chi connectivity index (χ0) is 11.8. The zero-order valence-electron chi connectivity index (χ0n) is 10.3. The summed E-state index contributed by atoms with van der Waals surface area (Å²) in [6.07, 6.45) is 3.05. The molecule has 1 aromatic heterocycles. The third-order valence-corrected chi connectivity index (χ3v) is 3.66. The van der Waals surface area contributed by atoms with Gasteiger partial charge in [0.25, 0.3) is 0 Å². The molecule has 0 aromatic carbocycles. The van der Waals surface area contributed by atoms with Crippen LogP contribution < -0.4 is 5.32 Å². The molecule has 0 saturated heterocycles. The molecule has 1 unspecified atom stereocenters. The summed E-state index contributed by atoms with van der Waals surface area (Å²) >= 11 is 1.85. The summed E-state index contributed by atoms with van der Waals surface area (Å²) in [5, 5.41) is 5.47. The van der Waals surface area contributed by atoms with E-state index in [1.165, 1.54) is 4.88 Å². The van der Waals surface area contributed by atoms with Gasteiger partial charge in [0.15, 0.2) is 0 Å². The van der Waals surface area contributed by atoms with E-state index in [0.29, 0.717) is 6.04 Å². The van der Waals surface area contributed by atoms with Crippen LogP contribution in [0.15, 0.2) is 30.2 Å². The average molecular weight is 238 g/mol. The minimum absolute atomic E-state index is 0.601. The quantitative estimate of drug-likeness (QED) is 0.552. The Morgan fingerprint density at radius 1 is 1.62 bits per heavy atom. The molecule has 1 aromatic rings. The fourth-order valence-electron chi connectivity index (χ4n) is 1.56. The van der Waals surface area contributed by atoms with Crippen LogP contribution in [-0.2, 0) is 6.42 Å². The van der Waals surface area contributed by atoms with Crippen molar-refractivity contribution in [2.45, 2.75) is 19.4 Å². The molecule has 16 heavy (non-hydrogen) atoms. The number of nitrogens with one attached hydrogen (secondary N) is 1. The molecule has 0 bridgehead atoms. The molecule has 0 aliphatic carbocycles. The Hall–Kier alpha value is -0.640. The molecule has 0 radical (unpaired) electrons. The van der Waals surface area contributed by atoms with E-state index in [4.69, 9.17) is 0 Å². The summed E-state index contributed by atoms with van der Waals surface area (Å²) in [5.41, 5.74) is 0. The first-order valence-corrected chi connectivity index (χ1v) is 6.66. The molecule has 0 fully saturated rings. The Balaban J connectivity index is 2.19. The van der Waals surface area contributed by atoms with Crippen LogP contribution in [0.3, 0.4) is 0 Å². The van der Waals surface area contributed by atoms with E-state index in [1.807, 2.05) is 17.4 Å². The maximum atomic E-state index is 3.69. The van der Waals surface area contributed by atoms with Gasteiger partial charge < -0.3 is 10.2 Å². The fourth-order valence-corrected chi connectivity index (χ4v) is 2.38. The highest BCUT2D eigenvalue weighted by atomic mass is 32.1. The largest absolute Gasteiger partial charge is 0.312 e. The molecule has 0 saturated carbocycles. The standard InChI is InChI=1S/C13H22N2S/c1-4-7-14-8-9-15(3)12(2)11-13-6-5-10-16-13/h4-6,10,12,14H,1,7-9,11H2,2-3H3. The van der Waals surface area contributed by atoms with Gasteiger partial charge in [-0.3, -0.25) is 0 Å². The van der Waals surface area contributed by atoms with Gasteiger partial charge in [-0.1, -0.05) is 12.1 Å². The Bertz CT molecular complexity index is 282. The van der Waals surface area contributed by atoms with Crippen molar-refractivity contribution in [3.05, 3.63) is 35.0 Å². The zero-order valence-corrected chi connectivity index (χ0v) is 11.1. The summed E-state index contributed by atoms with van der Waals surface area (Å²) in [6.45, 7) is 8.98. The average Bonchev–Trinajstić information content (AvgIpc) is 2.76. The normalized spacial score (nSPS) is 12.9. The van der Waals surface area contributed by atoms with Crippen LogP contribution in [0.5, 0.6) is 0 Å². The van der Waals surface area contributed by atoms with Gasteiger partial charge in [-0.15, -0.1) is 17.9 Å². The Morgan fingerprint density at radius 2 is 2.44 bits per heavy atom. The number of thiophene rings is 1. The summed E-state index contributed by atoms with van der Waals surface area (Å²) < 4.78 is 0. The van der Waals surface area contributed by atoms with Crippen molar-refractivity contribution in [2.24, 2.45) is 0 Å². The smallest absolute Gasteiger partial charge is 0.0132 e. The van der Waals surface area contributed by atoms with Crippen molar-refractivity contribution in [1.29, 1.82) is 0 Å². The molecule has 0 aliphatic rings. The monoisotopic (exact) mass is 238 g/mol. The minimum atomic E-state index is 0.601. The van der Waals surface area contributed by atoms with Crippen LogP contribution in [0.2, 0.25) is 0 Å². The molecule has 0 aliphatic heterocycles. The first-order chi connectivity index (χ1) is 7.74. The number of nitrogens with zero attached hydrogens (tertiary/aromatic N) is 1. The number of likely N-dealkylation sites (N-methyl/N-ethyl adjacent to an activating group) is 1. The van der Waals surface area contributed by atoms with Crippen molar-refractivity contribution >= 4 is 11.3 Å². The van der Waals surface area contributed by atoms with Crippen LogP contribution >= 0.6 is 11.3 Å². The molecule has 0 amide bonds. The third-order valence-electron chi connectivity index (χ3n) is 2.76. The molecule has 1 heterocycles. The molecule has 1 atom stereocenters. The van der Waals surface area contributed by atoms with Gasteiger partial charge in [-0.2, -0.15) is 0 Å². The molecular weight excluding hydrogens is 216 g/mol. The lowest BCUT2D eigenvalue weighted by Crippen LogP contribution is -2.36. The molecule has 1 N–H and O–H groups in total. The highest BCUT2D eigenvalue weighted by Gasteiger charge is 2.09. The molecule has 2 nitrogen and oxygen atoms in total. The Labute approximate surface area is 103 Å². The summed E-state index contributed by atoms with van der Waals surface area (Å²) in [4.78, 5) is 3.87. The van der Waals surface area contributed by atoms with Gasteiger partial charge in [0.05, 0.1) is 0 Å². The lowest BCUT2D eigenvalue weighted by Gasteiger charge is -2.24. The molecule has 1 rings (SSSR count). The molecule has 90 valence electrons. The van der Waals surface area contributed by atoms with E-state index in [-0.39, 0.29) is 0 Å². The second-order valence-electron chi connectivity index (χ2n) is 4.11. The van der Waals surface area contributed by atoms with E-state index in [9.17, 15) is 0 Å². The first kappa shape index (κ1) is 13.4. The van der Waals surface area contributed by atoms with Crippen LogP contribution in [0, 0.1) is 0 Å². The van der Waals surface area contributed by atoms with E-state index >= 15 is 0 Å². The van der Waals surface area contributed by atoms with Crippen molar-refractivity contribution in [3.8, 4) is 0 Å². The van der Waals surface area contributed by atoms with Gasteiger partial charge in [-0.05, 0) is 31.8 Å². The van der Waals surface area contributed by atoms with Gasteiger partial charge >= 0.3 is 0 Å². The molecular formula is C13H22N2S. The van der Waals surface area contributed by atoms with Crippen molar-refractivity contribution < 1.29 is 0 Å². The summed E-state index contributed by atoms with van der Waals surface area (Å²) in [6, 6.07) is 4.94. The second-order valence-corrected chi connectivity index (χ2v) is 5.14. The van der Waals surface area contributed by atoms with E-state index in [2.05, 4.69) is 48.3 Å². The van der Waals surface area contributed by atoms with E-state index < -0.39 is 0 Å². The maximum Gasteiger partial charge on any atom is 0.0132 e. The Kier molecular flexibility index (Phi) is 6.38. The van der Waals surface area contributed by atoms with Crippen LogP contribution in [0.4, 0.5) is 0 Å².